The maximum atomic E-state index is 13.4. The zero-order valence-electron chi connectivity index (χ0n) is 9.80. The maximum absolute atomic E-state index is 13.4. The third-order valence-electron chi connectivity index (χ3n) is 2.36. The molecule has 1 aromatic heterocycles. The topological polar surface area (TPSA) is 83.2 Å². The van der Waals surface area contributed by atoms with Crippen LogP contribution < -0.4 is 4.74 Å². The van der Waals surface area contributed by atoms with Gasteiger partial charge in [0.2, 0.25) is 5.88 Å². The van der Waals surface area contributed by atoms with Crippen molar-refractivity contribution in [3.05, 3.63) is 52.4 Å². The van der Waals surface area contributed by atoms with Gasteiger partial charge in [-0.05, 0) is 12.1 Å². The van der Waals surface area contributed by atoms with E-state index < -0.39 is 11.8 Å². The molecule has 0 unspecified atom stereocenters. The average molecular weight is 293 g/mol. The van der Waals surface area contributed by atoms with Crippen LogP contribution in [0.4, 0.5) is 4.39 Å². The van der Waals surface area contributed by atoms with Crippen molar-refractivity contribution in [3.63, 3.8) is 0 Å². The Hall–Kier alpha value is -2.65. The lowest BCUT2D eigenvalue weighted by atomic mass is 10.2. The molecule has 0 aliphatic carbocycles. The summed E-state index contributed by atoms with van der Waals surface area (Å²) in [6, 6.07) is 6.61. The van der Waals surface area contributed by atoms with E-state index in [-0.39, 0.29) is 27.8 Å². The Kier molecular flexibility index (Phi) is 3.82. The van der Waals surface area contributed by atoms with E-state index in [0.29, 0.717) is 0 Å². The van der Waals surface area contributed by atoms with Crippen molar-refractivity contribution in [2.24, 2.45) is 0 Å². The van der Waals surface area contributed by atoms with Crippen molar-refractivity contribution < 1.29 is 19.0 Å². The number of halogens is 2. The number of pyridine rings is 1. The Balaban J connectivity index is 2.41. The first-order valence-electron chi connectivity index (χ1n) is 5.28. The normalized spacial score (nSPS) is 9.85. The molecule has 20 heavy (non-hydrogen) atoms. The molecule has 0 saturated carbocycles. The van der Waals surface area contributed by atoms with Gasteiger partial charge >= 0.3 is 5.97 Å². The summed E-state index contributed by atoms with van der Waals surface area (Å²) in [5.41, 5.74) is -0.493. The van der Waals surface area contributed by atoms with Crippen LogP contribution in [0.2, 0.25) is 5.02 Å². The van der Waals surface area contributed by atoms with Crippen molar-refractivity contribution in [2.45, 2.75) is 0 Å². The lowest BCUT2D eigenvalue weighted by Gasteiger charge is -2.08. The number of hydrogen-bond acceptors (Lipinski definition) is 4. The van der Waals surface area contributed by atoms with Crippen LogP contribution in [0.5, 0.6) is 11.6 Å². The molecule has 0 aliphatic rings. The lowest BCUT2D eigenvalue weighted by molar-refractivity contribution is 0.0696. The van der Waals surface area contributed by atoms with Crippen molar-refractivity contribution in [1.82, 2.24) is 4.98 Å². The number of carbonyl (C=O) groups is 1. The molecule has 100 valence electrons. The summed E-state index contributed by atoms with van der Waals surface area (Å²) in [6.45, 7) is 0. The van der Waals surface area contributed by atoms with Crippen molar-refractivity contribution >= 4 is 17.6 Å². The van der Waals surface area contributed by atoms with E-state index in [2.05, 4.69) is 4.98 Å². The number of benzene rings is 1. The van der Waals surface area contributed by atoms with E-state index in [9.17, 15) is 9.18 Å². The van der Waals surface area contributed by atoms with Crippen LogP contribution in [0.1, 0.15) is 15.9 Å². The third-order valence-corrected chi connectivity index (χ3v) is 2.66. The van der Waals surface area contributed by atoms with Crippen LogP contribution >= 0.6 is 11.6 Å². The molecule has 0 saturated heterocycles. The summed E-state index contributed by atoms with van der Waals surface area (Å²) >= 11 is 5.67. The van der Waals surface area contributed by atoms with E-state index >= 15 is 0 Å². The Morgan fingerprint density at radius 3 is 2.90 bits per heavy atom. The standard InChI is InChI=1S/C13H6ClFN2O3/c14-9-6-17-12(4-7(9)13(18)19)20-11-3-1-2-10(15)8(11)5-16/h1-4,6H,(H,18,19). The first-order chi connectivity index (χ1) is 9.52. The molecule has 1 heterocycles. The number of nitrogens with zero attached hydrogens (tertiary/aromatic N) is 2. The van der Waals surface area contributed by atoms with Crippen LogP contribution in [0.25, 0.3) is 0 Å². The SMILES string of the molecule is N#Cc1c(F)cccc1Oc1cc(C(=O)O)c(Cl)cn1. The number of carboxylic acids is 1. The van der Waals surface area contributed by atoms with Crippen LogP contribution in [-0.2, 0) is 0 Å². The first-order valence-corrected chi connectivity index (χ1v) is 5.66. The van der Waals surface area contributed by atoms with Gasteiger partial charge < -0.3 is 9.84 Å². The van der Waals surface area contributed by atoms with Crippen molar-refractivity contribution in [3.8, 4) is 17.7 Å². The summed E-state index contributed by atoms with van der Waals surface area (Å²) in [4.78, 5) is 14.7. The number of ether oxygens (including phenoxy) is 1. The molecule has 5 nitrogen and oxygen atoms in total. The molecule has 1 N–H and O–H groups in total. The lowest BCUT2D eigenvalue weighted by Crippen LogP contribution is -2.00. The molecular weight excluding hydrogens is 287 g/mol. The molecule has 0 spiro atoms. The van der Waals surface area contributed by atoms with Crippen LogP contribution in [-0.4, -0.2) is 16.1 Å². The smallest absolute Gasteiger partial charge is 0.337 e. The quantitative estimate of drug-likeness (QED) is 0.939. The van der Waals surface area contributed by atoms with Gasteiger partial charge in [0.25, 0.3) is 0 Å². The third kappa shape index (κ3) is 2.68. The van der Waals surface area contributed by atoms with E-state index in [1.165, 1.54) is 12.1 Å². The van der Waals surface area contributed by atoms with E-state index in [0.717, 1.165) is 18.3 Å². The van der Waals surface area contributed by atoms with Gasteiger partial charge in [-0.2, -0.15) is 5.26 Å². The number of aromatic nitrogens is 1. The average Bonchev–Trinajstić information content (AvgIpc) is 2.41. The second-order valence-corrected chi connectivity index (χ2v) is 4.04. The number of nitriles is 1. The number of aromatic carboxylic acids is 1. The zero-order chi connectivity index (χ0) is 14.7. The fourth-order valence-electron chi connectivity index (χ4n) is 1.45. The fraction of sp³-hybridized carbons (Fsp3) is 0. The highest BCUT2D eigenvalue weighted by atomic mass is 35.5. The highest BCUT2D eigenvalue weighted by Gasteiger charge is 2.14. The van der Waals surface area contributed by atoms with Gasteiger partial charge in [-0.15, -0.1) is 0 Å². The van der Waals surface area contributed by atoms with E-state index in [4.69, 9.17) is 26.7 Å². The minimum atomic E-state index is -1.25. The van der Waals surface area contributed by atoms with Gasteiger partial charge in [-0.3, -0.25) is 0 Å². The van der Waals surface area contributed by atoms with Gasteiger partial charge in [-0.1, -0.05) is 17.7 Å². The predicted molar refractivity (Wildman–Crippen MR) is 67.4 cm³/mol. The second-order valence-electron chi connectivity index (χ2n) is 3.63. The minimum absolute atomic E-state index is 0.0513. The Bertz CT molecular complexity index is 728. The number of carboxylic acid groups (broad SMARTS) is 1. The molecule has 0 bridgehead atoms. The Morgan fingerprint density at radius 2 is 2.25 bits per heavy atom. The minimum Gasteiger partial charge on any atom is -0.478 e. The highest BCUT2D eigenvalue weighted by molar-refractivity contribution is 6.33. The van der Waals surface area contributed by atoms with Crippen molar-refractivity contribution in [1.29, 1.82) is 5.26 Å². The van der Waals surface area contributed by atoms with Gasteiger partial charge in [0.15, 0.2) is 0 Å². The Morgan fingerprint density at radius 1 is 1.50 bits per heavy atom. The summed E-state index contributed by atoms with van der Waals surface area (Å²) in [6.07, 6.45) is 1.10. The van der Waals surface area contributed by atoms with E-state index in [1.807, 2.05) is 0 Å². The molecule has 7 heteroatoms. The van der Waals surface area contributed by atoms with Gasteiger partial charge in [0.05, 0.1) is 16.8 Å². The monoisotopic (exact) mass is 292 g/mol. The first kappa shape index (κ1) is 13.8. The van der Waals surface area contributed by atoms with Crippen LogP contribution in [0.3, 0.4) is 0 Å². The molecular formula is C13H6ClFN2O3. The van der Waals surface area contributed by atoms with Gasteiger partial charge in [0.1, 0.15) is 23.2 Å². The van der Waals surface area contributed by atoms with Crippen molar-refractivity contribution in [2.75, 3.05) is 0 Å². The molecule has 0 aliphatic heterocycles. The molecule has 1 aromatic carbocycles. The molecule has 0 amide bonds. The van der Waals surface area contributed by atoms with E-state index in [1.54, 1.807) is 6.07 Å². The molecule has 2 rings (SSSR count). The molecule has 0 radical (unpaired) electrons. The summed E-state index contributed by atoms with van der Waals surface area (Å²) in [5.74, 6) is -2.15. The number of rotatable bonds is 3. The maximum Gasteiger partial charge on any atom is 0.337 e. The second kappa shape index (κ2) is 5.55. The zero-order valence-corrected chi connectivity index (χ0v) is 10.6. The summed E-state index contributed by atoms with van der Waals surface area (Å²) < 4.78 is 18.6. The fourth-order valence-corrected chi connectivity index (χ4v) is 1.63. The van der Waals surface area contributed by atoms with Gasteiger partial charge in [0, 0.05) is 6.07 Å². The number of hydrogen-bond donors (Lipinski definition) is 1. The predicted octanol–water partition coefficient (Wildman–Crippen LogP) is 3.24. The van der Waals surface area contributed by atoms with Crippen LogP contribution in [0.15, 0.2) is 30.5 Å². The highest BCUT2D eigenvalue weighted by Crippen LogP contribution is 2.27. The molecule has 0 atom stereocenters. The van der Waals surface area contributed by atoms with Crippen LogP contribution in [0, 0.1) is 17.1 Å². The summed E-state index contributed by atoms with van der Waals surface area (Å²) in [5, 5.41) is 17.7. The largest absolute Gasteiger partial charge is 0.478 e. The molecule has 0 fully saturated rings. The Labute approximate surface area is 117 Å². The molecule has 2 aromatic rings. The summed E-state index contributed by atoms with van der Waals surface area (Å²) in [7, 11) is 0. The van der Waals surface area contributed by atoms with Gasteiger partial charge in [-0.25, -0.2) is 14.2 Å².